The molecule has 0 aliphatic carbocycles. The van der Waals surface area contributed by atoms with Crippen molar-refractivity contribution in [2.45, 2.75) is 6.42 Å². The Labute approximate surface area is 163 Å². The van der Waals surface area contributed by atoms with Gasteiger partial charge in [-0.3, -0.25) is 4.79 Å². The zero-order chi connectivity index (χ0) is 19.7. The lowest BCUT2D eigenvalue weighted by molar-refractivity contribution is 0.100. The molecule has 0 radical (unpaired) electrons. The maximum absolute atomic E-state index is 12.2. The van der Waals surface area contributed by atoms with Gasteiger partial charge in [0.25, 0.3) is 5.91 Å². The molecule has 0 bridgehead atoms. The number of aromatic nitrogens is 2. The van der Waals surface area contributed by atoms with Crippen LogP contribution in [-0.4, -0.2) is 42.6 Å². The molecule has 0 unspecified atom stereocenters. The Morgan fingerprint density at radius 1 is 1.29 bits per heavy atom. The van der Waals surface area contributed by atoms with Crippen molar-refractivity contribution in [2.24, 2.45) is 17.4 Å². The number of anilines is 1. The average Bonchev–Trinajstić information content (AvgIpc) is 3.21. The van der Waals surface area contributed by atoms with Gasteiger partial charge >= 0.3 is 0 Å². The number of methoxy groups -OCH3 is 1. The number of fused-ring (bicyclic) bond motifs is 1. The van der Waals surface area contributed by atoms with Gasteiger partial charge in [-0.25, -0.2) is 9.97 Å². The molecule has 1 fully saturated rings. The topological polar surface area (TPSA) is 107 Å². The number of ether oxygens (including phenoxy) is 1. The number of nitrogens with two attached hydrogens (primary N) is 2. The minimum Gasteiger partial charge on any atom is -0.496 e. The normalized spacial score (nSPS) is 16.5. The van der Waals surface area contributed by atoms with Gasteiger partial charge in [-0.1, -0.05) is 18.2 Å². The van der Waals surface area contributed by atoms with Crippen LogP contribution < -0.4 is 21.1 Å². The Kier molecular flexibility index (Phi) is 4.83. The summed E-state index contributed by atoms with van der Waals surface area (Å²) in [6, 6.07) is 11.5. The molecule has 4 rings (SSSR count). The fraction of sp³-hybridized carbons (Fsp3) is 0.286. The smallest absolute Gasteiger partial charge is 0.250 e. The summed E-state index contributed by atoms with van der Waals surface area (Å²) in [4.78, 5) is 23.3. The second-order valence-electron chi connectivity index (χ2n) is 7.02. The number of para-hydroxylation sites is 1. The van der Waals surface area contributed by atoms with Crippen LogP contribution in [0, 0.1) is 5.92 Å². The molecule has 28 heavy (non-hydrogen) atoms. The Balaban J connectivity index is 1.94. The quantitative estimate of drug-likeness (QED) is 0.706. The molecule has 7 heteroatoms. The summed E-state index contributed by atoms with van der Waals surface area (Å²) >= 11 is 0. The summed E-state index contributed by atoms with van der Waals surface area (Å²) in [5.41, 5.74) is 14.2. The van der Waals surface area contributed by atoms with Crippen LogP contribution in [0.5, 0.6) is 5.75 Å². The Morgan fingerprint density at radius 3 is 2.82 bits per heavy atom. The lowest BCUT2D eigenvalue weighted by Crippen LogP contribution is -2.24. The van der Waals surface area contributed by atoms with Crippen molar-refractivity contribution in [1.29, 1.82) is 0 Å². The van der Waals surface area contributed by atoms with Crippen LogP contribution in [-0.2, 0) is 0 Å². The van der Waals surface area contributed by atoms with Crippen molar-refractivity contribution in [1.82, 2.24) is 9.97 Å². The molecule has 4 N–H and O–H groups in total. The first-order valence-corrected chi connectivity index (χ1v) is 9.29. The van der Waals surface area contributed by atoms with Crippen molar-refractivity contribution in [3.8, 4) is 16.9 Å². The van der Waals surface area contributed by atoms with Gasteiger partial charge in [0.1, 0.15) is 17.9 Å². The third-order valence-corrected chi connectivity index (χ3v) is 5.32. The Hall–Kier alpha value is -3.19. The summed E-state index contributed by atoms with van der Waals surface area (Å²) in [5.74, 6) is 1.45. The highest BCUT2D eigenvalue weighted by Crippen LogP contribution is 2.36. The summed E-state index contributed by atoms with van der Waals surface area (Å²) in [6.07, 6.45) is 2.51. The van der Waals surface area contributed by atoms with Gasteiger partial charge in [-0.2, -0.15) is 0 Å². The van der Waals surface area contributed by atoms with E-state index in [-0.39, 0.29) is 0 Å². The summed E-state index contributed by atoms with van der Waals surface area (Å²) in [5, 5.41) is 0.803. The standard InChI is InChI=1S/C21H23N5O2/c1-28-18-5-3-2-4-15(18)14-8-16(20(23)27)19-17(9-14)21(25-12-24-19)26-7-6-13(10-22)11-26/h2-5,8-9,12-13H,6-7,10-11,22H2,1H3,(H2,23,27)/t13-/m1/s1. The van der Waals surface area contributed by atoms with E-state index >= 15 is 0 Å². The second kappa shape index (κ2) is 7.44. The zero-order valence-electron chi connectivity index (χ0n) is 15.8. The van der Waals surface area contributed by atoms with Gasteiger partial charge in [0.2, 0.25) is 0 Å². The Bertz CT molecular complexity index is 1040. The number of hydrogen-bond acceptors (Lipinski definition) is 6. The molecular formula is C21H23N5O2. The molecule has 144 valence electrons. The van der Waals surface area contributed by atoms with E-state index in [1.165, 1.54) is 6.33 Å². The summed E-state index contributed by atoms with van der Waals surface area (Å²) < 4.78 is 5.50. The number of nitrogens with zero attached hydrogens (tertiary/aromatic N) is 3. The highest BCUT2D eigenvalue weighted by atomic mass is 16.5. The number of benzene rings is 2. The molecule has 3 aromatic rings. The first kappa shape index (κ1) is 18.2. The fourth-order valence-electron chi connectivity index (χ4n) is 3.85. The minimum atomic E-state index is -0.521. The summed E-state index contributed by atoms with van der Waals surface area (Å²) in [7, 11) is 1.63. The van der Waals surface area contributed by atoms with Gasteiger partial charge in [0.15, 0.2) is 0 Å². The van der Waals surface area contributed by atoms with Gasteiger partial charge in [0.05, 0.1) is 18.2 Å². The molecule has 1 aromatic heterocycles. The number of amides is 1. The Morgan fingerprint density at radius 2 is 2.11 bits per heavy atom. The van der Waals surface area contributed by atoms with Gasteiger partial charge < -0.3 is 21.1 Å². The number of rotatable bonds is 5. The highest BCUT2D eigenvalue weighted by molar-refractivity contribution is 6.09. The van der Waals surface area contributed by atoms with Crippen molar-refractivity contribution in [3.63, 3.8) is 0 Å². The molecule has 1 aliphatic heterocycles. The highest BCUT2D eigenvalue weighted by Gasteiger charge is 2.25. The van der Waals surface area contributed by atoms with Crippen LogP contribution in [0.1, 0.15) is 16.8 Å². The molecular weight excluding hydrogens is 354 g/mol. The van der Waals surface area contributed by atoms with E-state index in [0.29, 0.717) is 23.5 Å². The summed E-state index contributed by atoms with van der Waals surface area (Å²) in [6.45, 7) is 2.37. The molecule has 1 atom stereocenters. The van der Waals surface area contributed by atoms with Crippen molar-refractivity contribution < 1.29 is 9.53 Å². The minimum absolute atomic E-state index is 0.372. The fourth-order valence-corrected chi connectivity index (χ4v) is 3.85. The van der Waals surface area contributed by atoms with Crippen molar-refractivity contribution >= 4 is 22.6 Å². The number of carbonyl (C=O) groups excluding carboxylic acids is 1. The van der Waals surface area contributed by atoms with Gasteiger partial charge in [0, 0.05) is 24.0 Å². The zero-order valence-corrected chi connectivity index (χ0v) is 15.8. The molecule has 0 spiro atoms. The number of carbonyl (C=O) groups is 1. The predicted molar refractivity (Wildman–Crippen MR) is 109 cm³/mol. The van der Waals surface area contributed by atoms with E-state index in [2.05, 4.69) is 14.9 Å². The maximum atomic E-state index is 12.2. The average molecular weight is 377 g/mol. The second-order valence-corrected chi connectivity index (χ2v) is 7.02. The monoisotopic (exact) mass is 377 g/mol. The molecule has 7 nitrogen and oxygen atoms in total. The van der Waals surface area contributed by atoms with Crippen molar-refractivity contribution in [3.05, 3.63) is 48.3 Å². The molecule has 1 saturated heterocycles. The van der Waals surface area contributed by atoms with E-state index in [9.17, 15) is 4.79 Å². The third-order valence-electron chi connectivity index (χ3n) is 5.32. The van der Waals surface area contributed by atoms with E-state index in [4.69, 9.17) is 16.2 Å². The van der Waals surface area contributed by atoms with Crippen LogP contribution in [0.3, 0.4) is 0 Å². The van der Waals surface area contributed by atoms with Crippen LogP contribution in [0.2, 0.25) is 0 Å². The molecule has 1 aliphatic rings. The molecule has 1 amide bonds. The lowest BCUT2D eigenvalue weighted by Gasteiger charge is -2.20. The van der Waals surface area contributed by atoms with E-state index < -0.39 is 5.91 Å². The molecule has 2 aromatic carbocycles. The van der Waals surface area contributed by atoms with E-state index in [1.807, 2.05) is 30.3 Å². The first-order chi connectivity index (χ1) is 13.6. The van der Waals surface area contributed by atoms with Gasteiger partial charge in [-0.05, 0) is 42.6 Å². The van der Waals surface area contributed by atoms with Crippen LogP contribution >= 0.6 is 0 Å². The SMILES string of the molecule is COc1ccccc1-c1cc(C(N)=O)c2ncnc(N3CC[C@H](CN)C3)c2c1. The number of hydrogen-bond donors (Lipinski definition) is 2. The van der Waals surface area contributed by atoms with E-state index in [1.54, 1.807) is 13.2 Å². The largest absolute Gasteiger partial charge is 0.496 e. The maximum Gasteiger partial charge on any atom is 0.250 e. The predicted octanol–water partition coefficient (Wildman–Crippen LogP) is 2.19. The van der Waals surface area contributed by atoms with Gasteiger partial charge in [-0.15, -0.1) is 0 Å². The third kappa shape index (κ3) is 3.14. The molecule has 0 saturated carbocycles. The van der Waals surface area contributed by atoms with Crippen LogP contribution in [0.25, 0.3) is 22.0 Å². The van der Waals surface area contributed by atoms with Crippen molar-refractivity contribution in [2.75, 3.05) is 31.6 Å². The van der Waals surface area contributed by atoms with Crippen LogP contribution in [0.15, 0.2) is 42.7 Å². The first-order valence-electron chi connectivity index (χ1n) is 9.29. The van der Waals surface area contributed by atoms with Crippen LogP contribution in [0.4, 0.5) is 5.82 Å². The van der Waals surface area contributed by atoms with E-state index in [0.717, 1.165) is 47.6 Å². The lowest BCUT2D eigenvalue weighted by atomic mass is 9.98. The molecule has 2 heterocycles. The number of primary amides is 1.